The molecule has 0 amide bonds. The summed E-state index contributed by atoms with van der Waals surface area (Å²) in [6.07, 6.45) is 4.72. The first kappa shape index (κ1) is 17.5. The molecule has 2 atom stereocenters. The van der Waals surface area contributed by atoms with E-state index in [0.717, 1.165) is 55.4 Å². The zero-order valence-corrected chi connectivity index (χ0v) is 15.5. The summed E-state index contributed by atoms with van der Waals surface area (Å²) < 4.78 is 1.81. The molecule has 132 valence electrons. The van der Waals surface area contributed by atoms with Gasteiger partial charge in [-0.25, -0.2) is 4.98 Å². The minimum absolute atomic E-state index is 0.258. The molecule has 0 unspecified atom stereocenters. The first-order chi connectivity index (χ1) is 11.5. The number of piperazine rings is 1. The van der Waals surface area contributed by atoms with Gasteiger partial charge in [0.25, 0.3) is 0 Å². The molecule has 0 radical (unpaired) electrons. The molecule has 1 aliphatic rings. The molecule has 3 heterocycles. The van der Waals surface area contributed by atoms with E-state index in [1.165, 1.54) is 0 Å². The largest absolute Gasteiger partial charge is 0.392 e. The molecule has 1 saturated heterocycles. The molecule has 2 aromatic heterocycles. The van der Waals surface area contributed by atoms with E-state index in [9.17, 15) is 5.11 Å². The quantitative estimate of drug-likeness (QED) is 0.862. The van der Waals surface area contributed by atoms with Crippen molar-refractivity contribution in [3.63, 3.8) is 0 Å². The van der Waals surface area contributed by atoms with Crippen molar-refractivity contribution < 1.29 is 5.11 Å². The highest BCUT2D eigenvalue weighted by Crippen LogP contribution is 2.24. The third kappa shape index (κ3) is 4.22. The molecule has 3 rings (SSSR count). The van der Waals surface area contributed by atoms with Crippen LogP contribution in [0.5, 0.6) is 0 Å². The molecule has 0 saturated carbocycles. The molecular formula is C17H27N5OS. The monoisotopic (exact) mass is 349 g/mol. The summed E-state index contributed by atoms with van der Waals surface area (Å²) in [6.45, 7) is 8.86. The van der Waals surface area contributed by atoms with Gasteiger partial charge >= 0.3 is 0 Å². The van der Waals surface area contributed by atoms with Crippen LogP contribution in [-0.4, -0.2) is 68.0 Å². The molecule has 0 bridgehead atoms. The van der Waals surface area contributed by atoms with Crippen LogP contribution >= 0.6 is 11.3 Å². The van der Waals surface area contributed by atoms with Crippen LogP contribution in [-0.2, 0) is 13.6 Å². The fourth-order valence-electron chi connectivity index (χ4n) is 3.34. The van der Waals surface area contributed by atoms with Crippen LogP contribution in [0.4, 0.5) is 0 Å². The van der Waals surface area contributed by atoms with E-state index < -0.39 is 0 Å². The fraction of sp³-hybridized carbons (Fsp3) is 0.647. The van der Waals surface area contributed by atoms with Crippen molar-refractivity contribution in [2.45, 2.75) is 39.0 Å². The van der Waals surface area contributed by atoms with Gasteiger partial charge in [-0.3, -0.25) is 14.5 Å². The Hall–Kier alpha value is -1.28. The van der Waals surface area contributed by atoms with Crippen molar-refractivity contribution >= 4 is 11.3 Å². The molecular weight excluding hydrogens is 322 g/mol. The van der Waals surface area contributed by atoms with Gasteiger partial charge in [0.15, 0.2) is 0 Å². The summed E-state index contributed by atoms with van der Waals surface area (Å²) in [5.41, 5.74) is 2.22. The molecule has 2 aromatic rings. The molecule has 1 N–H and O–H groups in total. The highest BCUT2D eigenvalue weighted by Gasteiger charge is 2.26. The fourth-order valence-corrected chi connectivity index (χ4v) is 4.13. The van der Waals surface area contributed by atoms with Crippen LogP contribution in [0.2, 0.25) is 0 Å². The number of aliphatic hydroxyl groups excluding tert-OH is 1. The van der Waals surface area contributed by atoms with Crippen molar-refractivity contribution in [2.75, 3.05) is 26.2 Å². The molecule has 0 spiro atoms. The number of hydrogen-bond acceptors (Lipinski definition) is 6. The Morgan fingerprint density at radius 1 is 1.42 bits per heavy atom. The van der Waals surface area contributed by atoms with Crippen LogP contribution in [0.1, 0.15) is 26.0 Å². The minimum Gasteiger partial charge on any atom is -0.392 e. The number of rotatable bonds is 6. The van der Waals surface area contributed by atoms with E-state index in [-0.39, 0.29) is 6.10 Å². The van der Waals surface area contributed by atoms with Crippen LogP contribution in [0.15, 0.2) is 17.8 Å². The third-order valence-electron chi connectivity index (χ3n) is 4.55. The van der Waals surface area contributed by atoms with E-state index in [2.05, 4.69) is 27.2 Å². The lowest BCUT2D eigenvalue weighted by Crippen LogP contribution is -2.54. The Kier molecular flexibility index (Phi) is 5.65. The van der Waals surface area contributed by atoms with Crippen molar-refractivity contribution in [3.05, 3.63) is 23.5 Å². The summed E-state index contributed by atoms with van der Waals surface area (Å²) in [4.78, 5) is 9.68. The van der Waals surface area contributed by atoms with Crippen LogP contribution in [0.25, 0.3) is 10.6 Å². The van der Waals surface area contributed by atoms with Crippen LogP contribution < -0.4 is 0 Å². The van der Waals surface area contributed by atoms with E-state index in [1.54, 1.807) is 11.3 Å². The summed E-state index contributed by atoms with van der Waals surface area (Å²) in [6, 6.07) is 0.518. The maximum atomic E-state index is 9.66. The van der Waals surface area contributed by atoms with Gasteiger partial charge in [-0.15, -0.1) is 11.3 Å². The number of hydrogen-bond donors (Lipinski definition) is 1. The number of aryl methyl sites for hydroxylation is 1. The number of aliphatic hydroxyl groups is 1. The van der Waals surface area contributed by atoms with E-state index in [4.69, 9.17) is 4.98 Å². The summed E-state index contributed by atoms with van der Waals surface area (Å²) >= 11 is 1.69. The minimum atomic E-state index is -0.258. The predicted molar refractivity (Wildman–Crippen MR) is 96.9 cm³/mol. The average molecular weight is 350 g/mol. The molecule has 0 aliphatic carbocycles. The lowest BCUT2D eigenvalue weighted by molar-refractivity contribution is 0.0334. The number of nitrogens with zero attached hydrogens (tertiary/aromatic N) is 5. The molecule has 7 heteroatoms. The lowest BCUT2D eigenvalue weighted by atomic mass is 10.1. The van der Waals surface area contributed by atoms with Crippen molar-refractivity contribution in [3.8, 4) is 10.6 Å². The molecule has 0 aromatic carbocycles. The van der Waals surface area contributed by atoms with E-state index in [1.807, 2.05) is 31.0 Å². The van der Waals surface area contributed by atoms with Gasteiger partial charge in [0, 0.05) is 63.0 Å². The standard InChI is InChI=1S/C17H27N5OS/c1-4-16-11-21(5-6-22(16)8-13(2)23)10-15-12-24-17(19-15)14-7-18-20(3)9-14/h7,9,12-13,16,23H,4-6,8,10-11H2,1-3H3/t13-,16+/m0/s1. The second-order valence-electron chi connectivity index (χ2n) is 6.69. The first-order valence-electron chi connectivity index (χ1n) is 8.63. The second-order valence-corrected chi connectivity index (χ2v) is 7.55. The predicted octanol–water partition coefficient (Wildman–Crippen LogP) is 1.82. The highest BCUT2D eigenvalue weighted by molar-refractivity contribution is 7.13. The number of thiazole rings is 1. The summed E-state index contributed by atoms with van der Waals surface area (Å²) in [7, 11) is 1.93. The van der Waals surface area contributed by atoms with Crippen molar-refractivity contribution in [1.82, 2.24) is 24.6 Å². The number of β-amino-alcohol motifs (C(OH)–C–C–N with tert-alkyl or cyclic N) is 1. The van der Waals surface area contributed by atoms with Gasteiger partial charge in [0.05, 0.1) is 18.0 Å². The zero-order chi connectivity index (χ0) is 17.1. The Balaban J connectivity index is 1.60. The van der Waals surface area contributed by atoms with Crippen LogP contribution in [0.3, 0.4) is 0 Å². The summed E-state index contributed by atoms with van der Waals surface area (Å²) in [5.74, 6) is 0. The number of aromatic nitrogens is 3. The Morgan fingerprint density at radius 3 is 2.92 bits per heavy atom. The normalized spacial score (nSPS) is 21.2. The Bertz CT molecular complexity index is 653. The Morgan fingerprint density at radius 2 is 2.25 bits per heavy atom. The van der Waals surface area contributed by atoms with Gasteiger partial charge in [-0.2, -0.15) is 5.10 Å². The maximum Gasteiger partial charge on any atom is 0.126 e. The molecule has 6 nitrogen and oxygen atoms in total. The third-order valence-corrected chi connectivity index (χ3v) is 5.49. The molecule has 24 heavy (non-hydrogen) atoms. The van der Waals surface area contributed by atoms with Crippen LogP contribution in [0, 0.1) is 0 Å². The van der Waals surface area contributed by atoms with Gasteiger partial charge in [0.1, 0.15) is 5.01 Å². The SMILES string of the molecule is CC[C@@H]1CN(Cc2csc(-c3cnn(C)c3)n2)CCN1C[C@H](C)O. The zero-order valence-electron chi connectivity index (χ0n) is 14.7. The van der Waals surface area contributed by atoms with Crippen molar-refractivity contribution in [2.24, 2.45) is 7.05 Å². The van der Waals surface area contributed by atoms with E-state index >= 15 is 0 Å². The van der Waals surface area contributed by atoms with Gasteiger partial charge in [-0.1, -0.05) is 6.92 Å². The first-order valence-corrected chi connectivity index (χ1v) is 9.51. The lowest BCUT2D eigenvalue weighted by Gasteiger charge is -2.41. The topological polar surface area (TPSA) is 57.4 Å². The second kappa shape index (κ2) is 7.74. The average Bonchev–Trinajstić information content (AvgIpc) is 3.17. The highest BCUT2D eigenvalue weighted by atomic mass is 32.1. The van der Waals surface area contributed by atoms with Gasteiger partial charge < -0.3 is 5.11 Å². The smallest absolute Gasteiger partial charge is 0.126 e. The van der Waals surface area contributed by atoms with Gasteiger partial charge in [0.2, 0.25) is 0 Å². The maximum absolute atomic E-state index is 9.66. The Labute approximate surface area is 147 Å². The van der Waals surface area contributed by atoms with E-state index in [0.29, 0.717) is 6.04 Å². The molecule has 1 fully saturated rings. The summed E-state index contributed by atoms with van der Waals surface area (Å²) in [5, 5.41) is 17.1. The van der Waals surface area contributed by atoms with Crippen molar-refractivity contribution in [1.29, 1.82) is 0 Å². The molecule has 1 aliphatic heterocycles. The van der Waals surface area contributed by atoms with Gasteiger partial charge in [-0.05, 0) is 13.3 Å².